The second kappa shape index (κ2) is 4.83. The molecule has 0 saturated heterocycles. The first kappa shape index (κ1) is 13.9. The third-order valence-electron chi connectivity index (χ3n) is 5.39. The first-order valence-electron chi connectivity index (χ1n) is 8.92. The maximum absolute atomic E-state index is 4.99. The van der Waals surface area contributed by atoms with Gasteiger partial charge in [-0.3, -0.25) is 4.40 Å². The van der Waals surface area contributed by atoms with Gasteiger partial charge in [-0.05, 0) is 47.5 Å². The second-order valence-corrected chi connectivity index (χ2v) is 6.99. The van der Waals surface area contributed by atoms with Gasteiger partial charge in [0.25, 0.3) is 0 Å². The summed E-state index contributed by atoms with van der Waals surface area (Å²) >= 11 is 0. The molecule has 0 saturated carbocycles. The van der Waals surface area contributed by atoms with Crippen molar-refractivity contribution in [1.82, 2.24) is 9.38 Å². The highest BCUT2D eigenvalue weighted by molar-refractivity contribution is 6.23. The van der Waals surface area contributed by atoms with E-state index in [9.17, 15) is 0 Å². The van der Waals surface area contributed by atoms with Crippen LogP contribution in [-0.2, 0) is 0 Å². The molecule has 2 heteroatoms. The fourth-order valence-electron chi connectivity index (χ4n) is 4.24. The van der Waals surface area contributed by atoms with Crippen molar-refractivity contribution in [2.24, 2.45) is 0 Å². The number of hydrogen-bond donors (Lipinski definition) is 0. The lowest BCUT2D eigenvalue weighted by molar-refractivity contribution is 1.31. The molecule has 0 unspecified atom stereocenters. The van der Waals surface area contributed by atoms with Gasteiger partial charge in [0.05, 0.1) is 16.6 Å². The molecule has 2 heterocycles. The van der Waals surface area contributed by atoms with E-state index in [-0.39, 0.29) is 0 Å². The van der Waals surface area contributed by atoms with Crippen LogP contribution in [0.5, 0.6) is 0 Å². The molecular formula is C24H16N2. The highest BCUT2D eigenvalue weighted by Gasteiger charge is 2.15. The van der Waals surface area contributed by atoms with Gasteiger partial charge in [-0.25, -0.2) is 4.98 Å². The number of hydrogen-bond acceptors (Lipinski definition) is 1. The zero-order valence-electron chi connectivity index (χ0n) is 14.4. The summed E-state index contributed by atoms with van der Waals surface area (Å²) in [6.45, 7) is 2.15. The van der Waals surface area contributed by atoms with Crippen molar-refractivity contribution in [3.8, 4) is 0 Å². The van der Waals surface area contributed by atoms with Crippen molar-refractivity contribution in [3.63, 3.8) is 0 Å². The zero-order valence-corrected chi connectivity index (χ0v) is 14.4. The minimum Gasteiger partial charge on any atom is -0.292 e. The lowest BCUT2D eigenvalue weighted by atomic mass is 9.98. The number of imidazole rings is 1. The van der Waals surface area contributed by atoms with Crippen LogP contribution in [0.25, 0.3) is 49.1 Å². The number of benzene rings is 4. The third-order valence-corrected chi connectivity index (χ3v) is 5.39. The number of fused-ring (bicyclic) bond motifs is 10. The molecule has 0 amide bonds. The van der Waals surface area contributed by atoms with Gasteiger partial charge < -0.3 is 0 Å². The fraction of sp³-hybridized carbons (Fsp3) is 0.0417. The monoisotopic (exact) mass is 332 g/mol. The molecule has 0 fully saturated rings. The van der Waals surface area contributed by atoms with Gasteiger partial charge in [0, 0.05) is 16.2 Å². The lowest BCUT2D eigenvalue weighted by Crippen LogP contribution is -1.93. The molecule has 122 valence electrons. The molecule has 0 bridgehead atoms. The Bertz CT molecular complexity index is 1490. The van der Waals surface area contributed by atoms with Crippen molar-refractivity contribution in [3.05, 3.63) is 84.4 Å². The molecule has 0 N–H and O–H groups in total. The highest BCUT2D eigenvalue weighted by Crippen LogP contribution is 2.36. The summed E-state index contributed by atoms with van der Waals surface area (Å²) in [6, 6.07) is 28.2. The Labute approximate surface area is 150 Å². The molecule has 6 aromatic rings. The Balaban J connectivity index is 2.05. The lowest BCUT2D eigenvalue weighted by Gasteiger charge is -2.12. The van der Waals surface area contributed by atoms with Crippen molar-refractivity contribution in [2.75, 3.05) is 0 Å². The summed E-state index contributed by atoms with van der Waals surface area (Å²) in [4.78, 5) is 4.99. The summed E-state index contributed by atoms with van der Waals surface area (Å²) in [7, 11) is 0. The zero-order chi connectivity index (χ0) is 17.3. The molecule has 0 aliphatic heterocycles. The van der Waals surface area contributed by atoms with Crippen LogP contribution in [0.2, 0.25) is 0 Å². The maximum Gasteiger partial charge on any atom is 0.146 e. The van der Waals surface area contributed by atoms with Crippen LogP contribution in [0.3, 0.4) is 0 Å². The van der Waals surface area contributed by atoms with Crippen LogP contribution in [0.15, 0.2) is 78.9 Å². The number of para-hydroxylation sites is 2. The van der Waals surface area contributed by atoms with Crippen molar-refractivity contribution in [2.45, 2.75) is 6.92 Å². The summed E-state index contributed by atoms with van der Waals surface area (Å²) < 4.78 is 2.31. The van der Waals surface area contributed by atoms with E-state index in [4.69, 9.17) is 4.98 Å². The molecular weight excluding hydrogens is 316 g/mol. The Hall–Kier alpha value is -3.39. The fourth-order valence-corrected chi connectivity index (χ4v) is 4.24. The SMILES string of the molecule is Cc1ccc2c3c4ccccc4ccc3c3nc4ccccc4n3c2c1. The van der Waals surface area contributed by atoms with E-state index in [0.717, 1.165) is 16.7 Å². The number of pyridine rings is 1. The summed E-state index contributed by atoms with van der Waals surface area (Å²) in [5, 5.41) is 6.32. The Morgan fingerprint density at radius 1 is 0.692 bits per heavy atom. The van der Waals surface area contributed by atoms with Crippen molar-refractivity contribution < 1.29 is 0 Å². The van der Waals surface area contributed by atoms with Gasteiger partial charge in [-0.2, -0.15) is 0 Å². The van der Waals surface area contributed by atoms with Crippen LogP contribution in [-0.4, -0.2) is 9.38 Å². The molecule has 2 aromatic heterocycles. The van der Waals surface area contributed by atoms with Crippen LogP contribution < -0.4 is 0 Å². The van der Waals surface area contributed by atoms with E-state index in [1.165, 1.54) is 38.0 Å². The molecule has 6 rings (SSSR count). The maximum atomic E-state index is 4.99. The minimum absolute atomic E-state index is 1.03. The quantitative estimate of drug-likeness (QED) is 0.300. The topological polar surface area (TPSA) is 17.3 Å². The number of rotatable bonds is 0. The van der Waals surface area contributed by atoms with Crippen LogP contribution in [0.4, 0.5) is 0 Å². The average molecular weight is 332 g/mol. The Morgan fingerprint density at radius 2 is 1.50 bits per heavy atom. The highest BCUT2D eigenvalue weighted by atomic mass is 15.0. The average Bonchev–Trinajstić information content (AvgIpc) is 3.07. The third kappa shape index (κ3) is 1.68. The Morgan fingerprint density at radius 3 is 2.46 bits per heavy atom. The predicted octanol–water partition coefficient (Wildman–Crippen LogP) is 6.26. The number of aryl methyl sites for hydroxylation is 1. The largest absolute Gasteiger partial charge is 0.292 e. The molecule has 2 nitrogen and oxygen atoms in total. The second-order valence-electron chi connectivity index (χ2n) is 6.99. The van der Waals surface area contributed by atoms with E-state index in [1.807, 2.05) is 0 Å². The minimum atomic E-state index is 1.03. The molecule has 0 radical (unpaired) electrons. The van der Waals surface area contributed by atoms with E-state index in [2.05, 4.69) is 90.2 Å². The van der Waals surface area contributed by atoms with Gasteiger partial charge >= 0.3 is 0 Å². The first-order chi connectivity index (χ1) is 12.8. The van der Waals surface area contributed by atoms with Gasteiger partial charge in [0.1, 0.15) is 5.65 Å². The van der Waals surface area contributed by atoms with Gasteiger partial charge in [-0.1, -0.05) is 54.6 Å². The molecule has 4 aromatic carbocycles. The van der Waals surface area contributed by atoms with E-state index in [0.29, 0.717) is 0 Å². The summed E-state index contributed by atoms with van der Waals surface area (Å²) in [5.41, 5.74) is 5.71. The normalized spacial score (nSPS) is 12.0. The molecule has 0 spiro atoms. The van der Waals surface area contributed by atoms with Gasteiger partial charge in [-0.15, -0.1) is 0 Å². The van der Waals surface area contributed by atoms with Crippen LogP contribution in [0.1, 0.15) is 5.56 Å². The number of nitrogens with zero attached hydrogens (tertiary/aromatic N) is 2. The van der Waals surface area contributed by atoms with Crippen molar-refractivity contribution >= 4 is 49.1 Å². The summed E-state index contributed by atoms with van der Waals surface area (Å²) in [6.07, 6.45) is 0. The molecule has 0 atom stereocenters. The number of aromatic nitrogens is 2. The Kier molecular flexibility index (Phi) is 2.57. The predicted molar refractivity (Wildman–Crippen MR) is 110 cm³/mol. The smallest absolute Gasteiger partial charge is 0.146 e. The molecule has 0 aliphatic rings. The van der Waals surface area contributed by atoms with Gasteiger partial charge in [0.2, 0.25) is 0 Å². The van der Waals surface area contributed by atoms with E-state index >= 15 is 0 Å². The van der Waals surface area contributed by atoms with Crippen LogP contribution >= 0.6 is 0 Å². The van der Waals surface area contributed by atoms with Crippen LogP contribution in [0, 0.1) is 6.92 Å². The van der Waals surface area contributed by atoms with E-state index < -0.39 is 0 Å². The van der Waals surface area contributed by atoms with Crippen molar-refractivity contribution in [1.29, 1.82) is 0 Å². The molecule has 26 heavy (non-hydrogen) atoms. The van der Waals surface area contributed by atoms with Gasteiger partial charge in [0.15, 0.2) is 0 Å². The molecule has 0 aliphatic carbocycles. The van der Waals surface area contributed by atoms with E-state index in [1.54, 1.807) is 0 Å². The first-order valence-corrected chi connectivity index (χ1v) is 8.92. The summed E-state index contributed by atoms with van der Waals surface area (Å²) in [5.74, 6) is 0. The standard InChI is InChI=1S/C24H16N2/c1-15-10-12-18-22(14-15)26-21-9-5-4-8-20(21)25-24(26)19-13-11-16-6-2-3-7-17(16)23(18)19/h2-14H,1H3.